The molecule has 0 aliphatic rings. The van der Waals surface area contributed by atoms with E-state index in [4.69, 9.17) is 23.6 Å². The van der Waals surface area contributed by atoms with Crippen molar-refractivity contribution in [2.75, 3.05) is 0 Å². The van der Waals surface area contributed by atoms with E-state index in [-0.39, 0.29) is 19.3 Å². The van der Waals surface area contributed by atoms with Crippen LogP contribution in [0.25, 0.3) is 0 Å². The van der Waals surface area contributed by atoms with Gasteiger partial charge in [0, 0.05) is 19.3 Å². The molecule has 9 nitrogen and oxygen atoms in total. The van der Waals surface area contributed by atoms with Gasteiger partial charge in [0.05, 0.1) is 0 Å². The third kappa shape index (κ3) is 47.7. The monoisotopic (exact) mass is 923 g/mol. The molecule has 0 amide bonds. The lowest BCUT2D eigenvalue weighted by atomic mass is 10.1. The van der Waals surface area contributed by atoms with E-state index < -0.39 is 25.7 Å². The maximum absolute atomic E-state index is 13.4. The van der Waals surface area contributed by atoms with Crippen molar-refractivity contribution in [3.05, 3.63) is 36.5 Å². The van der Waals surface area contributed by atoms with Crippen molar-refractivity contribution in [1.29, 1.82) is 0 Å². The molecule has 0 aromatic rings. The molecule has 10 heteroatoms. The van der Waals surface area contributed by atoms with Gasteiger partial charge in [-0.1, -0.05) is 221 Å². The van der Waals surface area contributed by atoms with Crippen molar-refractivity contribution in [2.24, 2.45) is 0 Å². The zero-order chi connectivity index (χ0) is 46.7. The minimum Gasteiger partial charge on any atom is -0.367 e. The van der Waals surface area contributed by atoms with Gasteiger partial charge >= 0.3 is 25.7 Å². The Labute approximate surface area is 393 Å². The van der Waals surface area contributed by atoms with E-state index in [1.807, 2.05) is 0 Å². The van der Waals surface area contributed by atoms with Crippen LogP contribution in [0.4, 0.5) is 0 Å². The Hall–Kier alpha value is -2.22. The number of hydrogen-bond acceptors (Lipinski definition) is 9. The van der Waals surface area contributed by atoms with Crippen LogP contribution in [0.2, 0.25) is 0 Å². The first-order chi connectivity index (χ1) is 31.4. The second kappa shape index (κ2) is 50.2. The Kier molecular flexibility index (Phi) is 48.5. The topological polar surface area (TPSA) is 114 Å². The van der Waals surface area contributed by atoms with Crippen molar-refractivity contribution in [3.8, 4) is 0 Å². The van der Waals surface area contributed by atoms with Crippen LogP contribution in [-0.4, -0.2) is 17.9 Å². The summed E-state index contributed by atoms with van der Waals surface area (Å²) in [6, 6.07) is 0. The predicted molar refractivity (Wildman–Crippen MR) is 266 cm³/mol. The highest BCUT2D eigenvalue weighted by molar-refractivity contribution is 7.48. The second-order valence-corrected chi connectivity index (χ2v) is 19.3. The Balaban J connectivity index is 4.53. The molecule has 64 heavy (non-hydrogen) atoms. The SMILES string of the molecule is CCCCCCCC/C=C\CCCCCCCC(=O)OOP(=O)(OOC(=O)CCCCCCC/C=C\CCCCCCCC)OC(=O)CCCCCCC/C=C\CCCCCCCC. The first kappa shape index (κ1) is 61.8. The Morgan fingerprint density at radius 1 is 0.312 bits per heavy atom. The maximum atomic E-state index is 13.4. The average Bonchev–Trinajstić information content (AvgIpc) is 3.29. The van der Waals surface area contributed by atoms with Crippen molar-refractivity contribution in [1.82, 2.24) is 0 Å². The second-order valence-electron chi connectivity index (χ2n) is 18.0. The van der Waals surface area contributed by atoms with Crippen LogP contribution in [0, 0.1) is 0 Å². The quantitative estimate of drug-likeness (QED) is 0.0193. The molecule has 0 spiro atoms. The summed E-state index contributed by atoms with van der Waals surface area (Å²) in [7, 11) is -4.88. The largest absolute Gasteiger partial charge is 0.606 e. The number of rotatable bonds is 50. The average molecular weight is 923 g/mol. The van der Waals surface area contributed by atoms with Crippen molar-refractivity contribution < 1.29 is 42.6 Å². The maximum Gasteiger partial charge on any atom is 0.606 e. The van der Waals surface area contributed by atoms with Gasteiger partial charge in [-0.3, -0.25) is 14.6 Å². The highest BCUT2D eigenvalue weighted by Crippen LogP contribution is 2.50. The van der Waals surface area contributed by atoms with Crippen LogP contribution in [-0.2, 0) is 42.6 Å². The summed E-state index contributed by atoms with van der Waals surface area (Å²) in [4.78, 5) is 47.1. The molecule has 0 aromatic carbocycles. The molecule has 0 saturated heterocycles. The lowest BCUT2D eigenvalue weighted by Gasteiger charge is -2.14. The van der Waals surface area contributed by atoms with E-state index in [1.165, 1.54) is 116 Å². The molecule has 0 atom stereocenters. The third-order valence-corrected chi connectivity index (χ3v) is 12.5. The first-order valence-corrected chi connectivity index (χ1v) is 28.4. The van der Waals surface area contributed by atoms with E-state index in [9.17, 15) is 18.9 Å². The Morgan fingerprint density at radius 2 is 0.531 bits per heavy atom. The van der Waals surface area contributed by atoms with Gasteiger partial charge < -0.3 is 4.52 Å². The molecule has 0 aliphatic heterocycles. The van der Waals surface area contributed by atoms with Crippen LogP contribution in [0.5, 0.6) is 0 Å². The summed E-state index contributed by atoms with van der Waals surface area (Å²) < 4.78 is 28.0. The minimum atomic E-state index is -4.88. The molecule has 0 fully saturated rings. The smallest absolute Gasteiger partial charge is 0.367 e. The lowest BCUT2D eigenvalue weighted by Crippen LogP contribution is -2.13. The van der Waals surface area contributed by atoms with Crippen LogP contribution in [0.15, 0.2) is 36.5 Å². The zero-order valence-corrected chi connectivity index (χ0v) is 42.7. The van der Waals surface area contributed by atoms with Crippen molar-refractivity contribution >= 4 is 25.7 Å². The molecule has 0 radical (unpaired) electrons. The fraction of sp³-hybridized carbons (Fsp3) is 0.833. The highest BCUT2D eigenvalue weighted by Gasteiger charge is 2.38. The van der Waals surface area contributed by atoms with Crippen LogP contribution < -0.4 is 0 Å². The first-order valence-electron chi connectivity index (χ1n) is 26.9. The standard InChI is InChI=1S/C54H99O9P/c1-4-7-10-13-16-19-22-25-28-31-34-37-40-43-46-49-52(55)59-62-64(58,61-54(57)51-48-45-42-39-36-33-30-27-24-21-18-15-12-9-6-3)63-60-53(56)50-47-44-41-38-35-32-29-26-23-20-17-14-11-8-5-2/h25-30H,4-24,31-51H2,1-3H3/b28-25-,29-26-,30-27-. The third-order valence-electron chi connectivity index (χ3n) is 11.6. The summed E-state index contributed by atoms with van der Waals surface area (Å²) in [5.74, 6) is -2.38. The fourth-order valence-corrected chi connectivity index (χ4v) is 8.27. The van der Waals surface area contributed by atoms with Crippen LogP contribution in [0.1, 0.15) is 290 Å². The molecule has 0 aliphatic carbocycles. The number of hydrogen-bond donors (Lipinski definition) is 0. The zero-order valence-electron chi connectivity index (χ0n) is 41.8. The summed E-state index contributed by atoms with van der Waals surface area (Å²) in [6.45, 7) is 6.73. The molecule has 0 rings (SSSR count). The fourth-order valence-electron chi connectivity index (χ4n) is 7.49. The van der Waals surface area contributed by atoms with Gasteiger partial charge in [-0.25, -0.2) is 14.2 Å². The minimum absolute atomic E-state index is 0.0272. The van der Waals surface area contributed by atoms with E-state index in [0.717, 1.165) is 116 Å². The molecule has 0 N–H and O–H groups in total. The van der Waals surface area contributed by atoms with E-state index in [1.54, 1.807) is 0 Å². The highest BCUT2D eigenvalue weighted by atomic mass is 31.2. The van der Waals surface area contributed by atoms with Crippen molar-refractivity contribution in [2.45, 2.75) is 290 Å². The van der Waals surface area contributed by atoms with Gasteiger partial charge in [0.2, 0.25) is 0 Å². The number of allylic oxidation sites excluding steroid dienone is 6. The molecular weight excluding hydrogens is 824 g/mol. The number of phosphoric acid groups is 1. The van der Waals surface area contributed by atoms with E-state index >= 15 is 0 Å². The number of carbonyl (C=O) groups is 3. The van der Waals surface area contributed by atoms with Gasteiger partial charge in [0.1, 0.15) is 0 Å². The molecule has 374 valence electrons. The molecule has 0 heterocycles. The summed E-state index contributed by atoms with van der Waals surface area (Å²) >= 11 is 0. The van der Waals surface area contributed by atoms with Crippen molar-refractivity contribution in [3.63, 3.8) is 0 Å². The van der Waals surface area contributed by atoms with Gasteiger partial charge in [0.25, 0.3) is 0 Å². The number of carbonyl (C=O) groups excluding carboxylic acids is 3. The predicted octanol–water partition coefficient (Wildman–Crippen LogP) is 18.7. The Bertz CT molecular complexity index is 1120. The van der Waals surface area contributed by atoms with E-state index in [2.05, 4.69) is 57.2 Å². The molecular formula is C54H99O9P. The lowest BCUT2D eigenvalue weighted by molar-refractivity contribution is -0.262. The molecule has 0 bridgehead atoms. The van der Waals surface area contributed by atoms with Gasteiger partial charge in [-0.15, -0.1) is 0 Å². The normalized spacial score (nSPS) is 12.0. The van der Waals surface area contributed by atoms with Gasteiger partial charge in [-0.05, 0) is 96.3 Å². The summed E-state index contributed by atoms with van der Waals surface area (Å²) in [6.07, 6.45) is 57.7. The number of unbranched alkanes of at least 4 members (excludes halogenated alkanes) is 33. The van der Waals surface area contributed by atoms with Gasteiger partial charge in [0.15, 0.2) is 0 Å². The summed E-state index contributed by atoms with van der Waals surface area (Å²) in [5.41, 5.74) is 0. The Morgan fingerprint density at radius 3 is 0.797 bits per heavy atom. The molecule has 0 unspecified atom stereocenters. The van der Waals surface area contributed by atoms with Crippen LogP contribution in [0.3, 0.4) is 0 Å². The summed E-state index contributed by atoms with van der Waals surface area (Å²) in [5, 5.41) is 0. The molecule has 0 aromatic heterocycles. The molecule has 0 saturated carbocycles. The van der Waals surface area contributed by atoms with Crippen LogP contribution >= 0.6 is 7.82 Å². The van der Waals surface area contributed by atoms with Gasteiger partial charge in [-0.2, -0.15) is 0 Å². The van der Waals surface area contributed by atoms with E-state index in [0.29, 0.717) is 19.3 Å².